The minimum absolute atomic E-state index is 0. The molecule has 0 aromatic carbocycles. The molecule has 10 fully saturated rings. The molecule has 0 aromatic rings. The molecule has 0 spiro atoms. The maximum Gasteiger partial charge on any atom is 0 e. The smallest absolute Gasteiger partial charge is 0 e. The van der Waals surface area contributed by atoms with E-state index in [1.807, 2.05) is 0 Å². The Bertz CT molecular complexity index is 1760. The summed E-state index contributed by atoms with van der Waals surface area (Å²) < 4.78 is 0. The molecule has 10 saturated carbocycles. The molecule has 0 aliphatic heterocycles. The highest BCUT2D eigenvalue weighted by Crippen LogP contribution is 2.48. The van der Waals surface area contributed by atoms with Crippen LogP contribution < -0.4 is 0 Å². The largest absolute Gasteiger partial charge is 0.103 e. The minimum atomic E-state index is 0. The van der Waals surface area contributed by atoms with Crippen molar-refractivity contribution in [3.63, 3.8) is 0 Å². The van der Waals surface area contributed by atoms with Crippen molar-refractivity contribution < 1.29 is 14.3 Å². The fraction of sp³-hybridized carbons (Fsp3) is 0.886. The van der Waals surface area contributed by atoms with Crippen LogP contribution in [0.4, 0.5) is 0 Å². The predicted molar refractivity (Wildman–Crippen MR) is 415 cm³/mol. The van der Waals surface area contributed by atoms with Crippen LogP contribution in [0, 0.1) is 118 Å². The second kappa shape index (κ2) is 45.1. The summed E-state index contributed by atoms with van der Waals surface area (Å²) in [5, 5.41) is 0. The summed E-state index contributed by atoms with van der Waals surface area (Å²) >= 11 is 0. The fourth-order valence-corrected chi connectivity index (χ4v) is 21.3. The van der Waals surface area contributed by atoms with Gasteiger partial charge in [-0.2, -0.15) is 0 Å². The van der Waals surface area contributed by atoms with Crippen LogP contribution >= 0.6 is 0 Å². The van der Waals surface area contributed by atoms with Gasteiger partial charge in [-0.25, -0.2) is 0 Å². The maximum atomic E-state index is 3.97. The van der Waals surface area contributed by atoms with E-state index in [1.54, 1.807) is 25.7 Å². The Hall–Kier alpha value is -1.30. The summed E-state index contributed by atoms with van der Waals surface area (Å²) in [7, 11) is 0. The lowest BCUT2D eigenvalue weighted by atomic mass is 9.68. The average Bonchev–Trinajstić information content (AvgIpc) is 1.02. The molecule has 10 aliphatic rings. The fourth-order valence-electron chi connectivity index (χ4n) is 21.3. The van der Waals surface area contributed by atoms with Crippen LogP contribution in [0.2, 0.25) is 0 Å². The average molecular weight is 1230 g/mol. The highest BCUT2D eigenvalue weighted by atomic mass is 14.4. The van der Waals surface area contributed by atoms with Crippen molar-refractivity contribution >= 4 is 0 Å². The van der Waals surface area contributed by atoms with Gasteiger partial charge in [-0.3, -0.25) is 0 Å². The molecule has 10 rings (SSSR count). The highest BCUT2D eigenvalue weighted by molar-refractivity contribution is 4.94. The number of rotatable bonds is 22. The third kappa shape index (κ3) is 27.6. The van der Waals surface area contributed by atoms with E-state index in [9.17, 15) is 0 Å². The molecule has 0 atom stereocenters. The van der Waals surface area contributed by atoms with E-state index in [4.69, 9.17) is 0 Å². The Morgan fingerprint density at radius 1 is 0.239 bits per heavy atom. The first-order chi connectivity index (χ1) is 43.2. The van der Waals surface area contributed by atoms with Crippen LogP contribution in [-0.2, 0) is 0 Å². The van der Waals surface area contributed by atoms with Gasteiger partial charge in [0.05, 0.1) is 0 Å². The standard InChI is InChI=1S/C19H34.2C18H32.C17H30.C16H28.10H2/c1-3-5-6-7-17-10-14-19(15-11-17)18-12-8-16(4-2)9-13-18;1-3-5-6-16-9-13-18(14-10-16)17-11-7-15(4-2)8-12-17;1-3-5-15-7-11-17(12-8-15)18-13-9-16(6-4-2)10-14-18;1-3-5-15-8-12-17(13-9-15)16-10-6-14(4-2)7-11-16;1-3-13-5-9-15(10-6-13)16-11-7-14(4-2)8-12-16;;;;;;;;;;/h4,16-19H,2-3,5-15H2,1H3;4,15-18H,2-3,5-14H2,1H3;3,5,15-18H,4,6-14H2,1-2H3;4,14-17H,2-3,5-13H2,1H3;3,13-16H,1,4-12H2,2H3;10*1H/b;;5-3+;;;;;;;;;;;;. The summed E-state index contributed by atoms with van der Waals surface area (Å²) in [5.74, 6) is 20.3. The monoisotopic (exact) mass is 1230 g/mol. The summed E-state index contributed by atoms with van der Waals surface area (Å²) in [6, 6.07) is 0. The number of hydrogen-bond acceptors (Lipinski definition) is 0. The minimum Gasteiger partial charge on any atom is -0.103 e. The highest BCUT2D eigenvalue weighted by Gasteiger charge is 2.35. The van der Waals surface area contributed by atoms with Gasteiger partial charge in [0.1, 0.15) is 0 Å². The Morgan fingerprint density at radius 3 is 0.670 bits per heavy atom. The normalized spacial score (nSPS) is 38.1. The lowest BCUT2D eigenvalue weighted by Crippen LogP contribution is -2.25. The Labute approximate surface area is 568 Å². The van der Waals surface area contributed by atoms with Crippen molar-refractivity contribution in [1.29, 1.82) is 0 Å². The van der Waals surface area contributed by atoms with Crippen molar-refractivity contribution in [3.05, 3.63) is 62.8 Å². The van der Waals surface area contributed by atoms with Gasteiger partial charge in [0, 0.05) is 14.3 Å². The molecule has 0 radical (unpaired) electrons. The third-order valence-electron chi connectivity index (χ3n) is 27.8. The van der Waals surface area contributed by atoms with Crippen molar-refractivity contribution in [1.82, 2.24) is 0 Å². The number of allylic oxidation sites excluding steroid dienone is 6. The molecule has 0 saturated heterocycles. The Morgan fingerprint density at radius 2 is 0.455 bits per heavy atom. The van der Waals surface area contributed by atoms with Gasteiger partial charge in [-0.05, 0) is 318 Å². The molecule has 0 N–H and O–H groups in total. The van der Waals surface area contributed by atoms with Gasteiger partial charge in [0.25, 0.3) is 0 Å². The zero-order valence-corrected chi connectivity index (χ0v) is 60.6. The van der Waals surface area contributed by atoms with Crippen LogP contribution in [0.1, 0.15) is 390 Å². The quantitative estimate of drug-likeness (QED) is 0.0749. The van der Waals surface area contributed by atoms with Crippen LogP contribution in [0.15, 0.2) is 62.8 Å². The van der Waals surface area contributed by atoms with Crippen LogP contribution in [0.5, 0.6) is 0 Å². The summed E-state index contributed by atoms with van der Waals surface area (Å²) in [6.45, 7) is 29.7. The molecule has 0 unspecified atom stereocenters. The number of unbranched alkanes of at least 4 members (excludes halogenated alkanes) is 3. The third-order valence-corrected chi connectivity index (χ3v) is 27.8. The Balaban J connectivity index is -0.000000359. The van der Waals surface area contributed by atoms with Gasteiger partial charge in [-0.1, -0.05) is 212 Å². The molecule has 0 nitrogen and oxygen atoms in total. The lowest BCUT2D eigenvalue weighted by Gasteiger charge is -2.37. The lowest BCUT2D eigenvalue weighted by molar-refractivity contribution is 0.151. The molecule has 0 heteroatoms. The molecular formula is C88H176. The van der Waals surface area contributed by atoms with Gasteiger partial charge in [-0.15, -0.1) is 26.3 Å². The van der Waals surface area contributed by atoms with E-state index in [2.05, 4.69) is 104 Å². The van der Waals surface area contributed by atoms with E-state index in [-0.39, 0.29) is 14.3 Å². The zero-order chi connectivity index (χ0) is 62.6. The van der Waals surface area contributed by atoms with Gasteiger partial charge in [0.15, 0.2) is 0 Å². The zero-order valence-electron chi connectivity index (χ0n) is 60.6. The number of hydrogen-bond donors (Lipinski definition) is 0. The summed E-state index contributed by atoms with van der Waals surface area (Å²) in [5.41, 5.74) is 0. The van der Waals surface area contributed by atoms with Gasteiger partial charge < -0.3 is 0 Å². The van der Waals surface area contributed by atoms with E-state index in [0.717, 1.165) is 118 Å². The maximum absolute atomic E-state index is 3.97. The molecular weight excluding hydrogens is 1060 g/mol. The first kappa shape index (κ1) is 75.7. The summed E-state index contributed by atoms with van der Waals surface area (Å²) in [6.07, 6.45) is 90.7. The first-order valence-corrected chi connectivity index (χ1v) is 41.3. The SMILES string of the molecule is C/C=C/C1CCC(C2CCC(CCC)CC2)CC1.C=CC1CCC(C2CCC(CC)CC2)CC1.C=CC1CCC(C2CCC(CCC)CC2)CC1.C=CC1CCC(C2CCC(CCCC)CC2)CC1.C=CC1CCC(C2CCC(CCCCC)CC2)CC1.[HH].[HH].[HH].[HH].[HH].[HH].[HH].[HH].[HH].[HH]. The van der Waals surface area contributed by atoms with Crippen molar-refractivity contribution in [2.24, 2.45) is 118 Å². The van der Waals surface area contributed by atoms with E-state index < -0.39 is 0 Å². The summed E-state index contributed by atoms with van der Waals surface area (Å²) in [4.78, 5) is 0. The molecule has 0 heterocycles. The predicted octanol–water partition coefficient (Wildman–Crippen LogP) is 31.6. The van der Waals surface area contributed by atoms with Crippen molar-refractivity contribution in [2.45, 2.75) is 375 Å². The van der Waals surface area contributed by atoms with Crippen LogP contribution in [0.3, 0.4) is 0 Å². The second-order valence-corrected chi connectivity index (χ2v) is 33.4. The second-order valence-electron chi connectivity index (χ2n) is 33.4. The topological polar surface area (TPSA) is 0 Å². The molecule has 528 valence electrons. The molecule has 0 aromatic heterocycles. The van der Waals surface area contributed by atoms with E-state index >= 15 is 0 Å². The van der Waals surface area contributed by atoms with Gasteiger partial charge in [0.2, 0.25) is 0 Å². The first-order valence-electron chi connectivity index (χ1n) is 41.3. The van der Waals surface area contributed by atoms with E-state index in [0.29, 0.717) is 0 Å². The van der Waals surface area contributed by atoms with Crippen molar-refractivity contribution in [2.75, 3.05) is 0 Å². The molecule has 0 amide bonds. The van der Waals surface area contributed by atoms with Crippen molar-refractivity contribution in [3.8, 4) is 0 Å². The molecule has 0 bridgehead atoms. The van der Waals surface area contributed by atoms with Gasteiger partial charge >= 0.3 is 0 Å². The van der Waals surface area contributed by atoms with Crippen LogP contribution in [-0.4, -0.2) is 0 Å². The van der Waals surface area contributed by atoms with Crippen LogP contribution in [0.25, 0.3) is 0 Å². The Kier molecular flexibility index (Phi) is 38.8. The molecule has 88 heavy (non-hydrogen) atoms. The van der Waals surface area contributed by atoms with E-state index in [1.165, 1.54) is 308 Å². The molecule has 10 aliphatic carbocycles.